The zero-order chi connectivity index (χ0) is 13.8. The highest BCUT2D eigenvalue weighted by Gasteiger charge is 2.26. The lowest BCUT2D eigenvalue weighted by atomic mass is 10.1. The molecule has 0 heterocycles. The first-order chi connectivity index (χ1) is 8.34. The Hall–Kier alpha value is -1.03. The number of ether oxygens (including phenoxy) is 1. The summed E-state index contributed by atoms with van der Waals surface area (Å²) < 4.78 is 5.89. The number of halogens is 1. The summed E-state index contributed by atoms with van der Waals surface area (Å²) in [5.74, 6) is 0. The number of carbonyl (C=O) groups is 1. The van der Waals surface area contributed by atoms with Crippen molar-refractivity contribution in [3.8, 4) is 0 Å². The van der Waals surface area contributed by atoms with Crippen molar-refractivity contribution in [3.63, 3.8) is 0 Å². The van der Waals surface area contributed by atoms with Gasteiger partial charge >= 0.3 is 6.09 Å². The van der Waals surface area contributed by atoms with Gasteiger partial charge in [-0.1, -0.05) is 28.1 Å². The molecule has 0 radical (unpaired) electrons. The SMILES string of the molecule is COC(=O)N(CCc1ccc(Br)cc1)C(C)(C)C. The fraction of sp³-hybridized carbons (Fsp3) is 0.500. The van der Waals surface area contributed by atoms with Crippen molar-refractivity contribution < 1.29 is 9.53 Å². The summed E-state index contributed by atoms with van der Waals surface area (Å²) >= 11 is 3.41. The third-order valence-corrected chi connectivity index (χ3v) is 3.27. The van der Waals surface area contributed by atoms with Crippen molar-refractivity contribution in [2.24, 2.45) is 0 Å². The van der Waals surface area contributed by atoms with Crippen molar-refractivity contribution in [3.05, 3.63) is 34.3 Å². The van der Waals surface area contributed by atoms with E-state index in [0.29, 0.717) is 6.54 Å². The minimum Gasteiger partial charge on any atom is -0.453 e. The fourth-order valence-electron chi connectivity index (χ4n) is 1.70. The maximum atomic E-state index is 11.7. The van der Waals surface area contributed by atoms with Crippen LogP contribution in [0.5, 0.6) is 0 Å². The first-order valence-corrected chi connectivity index (χ1v) is 6.74. The first kappa shape index (κ1) is 15.0. The van der Waals surface area contributed by atoms with Crippen LogP contribution in [0.3, 0.4) is 0 Å². The van der Waals surface area contributed by atoms with Crippen molar-refractivity contribution in [1.29, 1.82) is 0 Å². The fourth-order valence-corrected chi connectivity index (χ4v) is 1.97. The first-order valence-electron chi connectivity index (χ1n) is 5.94. The highest BCUT2D eigenvalue weighted by molar-refractivity contribution is 9.10. The van der Waals surface area contributed by atoms with Crippen LogP contribution in [-0.2, 0) is 11.2 Å². The van der Waals surface area contributed by atoms with Gasteiger partial charge in [0.05, 0.1) is 7.11 Å². The number of nitrogens with zero attached hydrogens (tertiary/aromatic N) is 1. The second-order valence-electron chi connectivity index (χ2n) is 5.17. The van der Waals surface area contributed by atoms with Crippen LogP contribution in [0.25, 0.3) is 0 Å². The molecule has 0 unspecified atom stereocenters. The summed E-state index contributed by atoms with van der Waals surface area (Å²) in [6.07, 6.45) is 0.541. The van der Waals surface area contributed by atoms with E-state index in [0.717, 1.165) is 10.9 Å². The molecule has 1 aromatic rings. The molecule has 0 saturated heterocycles. The summed E-state index contributed by atoms with van der Waals surface area (Å²) in [5.41, 5.74) is 0.971. The lowest BCUT2D eigenvalue weighted by Crippen LogP contribution is -2.46. The van der Waals surface area contributed by atoms with E-state index in [1.54, 1.807) is 4.90 Å². The van der Waals surface area contributed by atoms with E-state index in [-0.39, 0.29) is 11.6 Å². The van der Waals surface area contributed by atoms with Gasteiger partial charge < -0.3 is 9.64 Å². The van der Waals surface area contributed by atoms with Gasteiger partial charge in [-0.3, -0.25) is 0 Å². The molecule has 1 aromatic carbocycles. The van der Waals surface area contributed by atoms with Gasteiger partial charge in [-0.25, -0.2) is 4.79 Å². The molecule has 0 aliphatic rings. The highest BCUT2D eigenvalue weighted by Crippen LogP contribution is 2.16. The van der Waals surface area contributed by atoms with Crippen LogP contribution >= 0.6 is 15.9 Å². The van der Waals surface area contributed by atoms with E-state index in [1.807, 2.05) is 32.9 Å². The van der Waals surface area contributed by atoms with Crippen LogP contribution in [0.1, 0.15) is 26.3 Å². The summed E-state index contributed by atoms with van der Waals surface area (Å²) in [5, 5.41) is 0. The smallest absolute Gasteiger partial charge is 0.409 e. The molecule has 18 heavy (non-hydrogen) atoms. The van der Waals surface area contributed by atoms with E-state index < -0.39 is 0 Å². The highest BCUT2D eigenvalue weighted by atomic mass is 79.9. The molecule has 0 atom stereocenters. The molecule has 0 saturated carbocycles. The van der Waals surface area contributed by atoms with Gasteiger partial charge in [0, 0.05) is 16.6 Å². The van der Waals surface area contributed by atoms with E-state index in [4.69, 9.17) is 4.74 Å². The minimum absolute atomic E-state index is 0.234. The predicted octanol–water partition coefficient (Wildman–Crippen LogP) is 3.86. The number of hydrogen-bond acceptors (Lipinski definition) is 2. The molecule has 1 amide bonds. The minimum atomic E-state index is -0.278. The third-order valence-electron chi connectivity index (χ3n) is 2.74. The van der Waals surface area contributed by atoms with Gasteiger partial charge in [-0.05, 0) is 44.9 Å². The van der Waals surface area contributed by atoms with E-state index in [1.165, 1.54) is 12.7 Å². The molecule has 100 valence electrons. The third kappa shape index (κ3) is 4.33. The molecular weight excluding hydrogens is 294 g/mol. The molecule has 0 aliphatic carbocycles. The number of benzene rings is 1. The Morgan fingerprint density at radius 3 is 2.28 bits per heavy atom. The Balaban J connectivity index is 2.68. The summed E-state index contributed by atoms with van der Waals surface area (Å²) in [6, 6.07) is 8.13. The summed E-state index contributed by atoms with van der Waals surface area (Å²) in [4.78, 5) is 13.5. The molecule has 0 aromatic heterocycles. The quantitative estimate of drug-likeness (QED) is 0.848. The lowest BCUT2D eigenvalue weighted by molar-refractivity contribution is 0.0844. The zero-order valence-corrected chi connectivity index (χ0v) is 13.0. The number of methoxy groups -OCH3 is 1. The normalized spacial score (nSPS) is 11.2. The molecule has 4 heteroatoms. The number of rotatable bonds is 3. The molecule has 1 rings (SSSR count). The Kier molecular flexibility index (Phi) is 5.20. The van der Waals surface area contributed by atoms with Gasteiger partial charge in [0.15, 0.2) is 0 Å². The lowest BCUT2D eigenvalue weighted by Gasteiger charge is -2.34. The number of hydrogen-bond donors (Lipinski definition) is 0. The molecule has 0 aliphatic heterocycles. The molecule has 0 bridgehead atoms. The summed E-state index contributed by atoms with van der Waals surface area (Å²) in [7, 11) is 1.42. The predicted molar refractivity (Wildman–Crippen MR) is 76.7 cm³/mol. The number of carbonyl (C=O) groups excluding carboxylic acids is 1. The maximum absolute atomic E-state index is 11.7. The Bertz CT molecular complexity index is 395. The van der Waals surface area contributed by atoms with Crippen LogP contribution in [0.4, 0.5) is 4.79 Å². The van der Waals surface area contributed by atoms with Gasteiger partial charge in [-0.15, -0.1) is 0 Å². The van der Waals surface area contributed by atoms with Gasteiger partial charge in [0.1, 0.15) is 0 Å². The Morgan fingerprint density at radius 1 is 1.28 bits per heavy atom. The van der Waals surface area contributed by atoms with Crippen molar-refractivity contribution >= 4 is 22.0 Å². The zero-order valence-electron chi connectivity index (χ0n) is 11.4. The molecule has 0 fully saturated rings. The second-order valence-corrected chi connectivity index (χ2v) is 6.08. The van der Waals surface area contributed by atoms with Crippen LogP contribution in [0.15, 0.2) is 28.7 Å². The molecule has 3 nitrogen and oxygen atoms in total. The standard InChI is InChI=1S/C14H20BrNO2/c1-14(2,3)16(13(17)18-4)10-9-11-5-7-12(15)8-6-11/h5-8H,9-10H2,1-4H3. The van der Waals surface area contributed by atoms with Crippen LogP contribution < -0.4 is 0 Å². The van der Waals surface area contributed by atoms with Crippen LogP contribution in [0.2, 0.25) is 0 Å². The Labute approximate surface area is 117 Å². The monoisotopic (exact) mass is 313 g/mol. The maximum Gasteiger partial charge on any atom is 0.409 e. The molecule has 0 N–H and O–H groups in total. The average molecular weight is 314 g/mol. The van der Waals surface area contributed by atoms with Gasteiger partial charge in [0.2, 0.25) is 0 Å². The Morgan fingerprint density at radius 2 is 1.83 bits per heavy atom. The summed E-state index contributed by atoms with van der Waals surface area (Å²) in [6.45, 7) is 6.67. The van der Waals surface area contributed by atoms with E-state index in [2.05, 4.69) is 28.1 Å². The van der Waals surface area contributed by atoms with Crippen LogP contribution in [-0.4, -0.2) is 30.2 Å². The largest absolute Gasteiger partial charge is 0.453 e. The van der Waals surface area contributed by atoms with Crippen molar-refractivity contribution in [2.75, 3.05) is 13.7 Å². The van der Waals surface area contributed by atoms with Crippen molar-refractivity contribution in [2.45, 2.75) is 32.7 Å². The van der Waals surface area contributed by atoms with Crippen LogP contribution in [0, 0.1) is 0 Å². The van der Waals surface area contributed by atoms with Gasteiger partial charge in [0.25, 0.3) is 0 Å². The van der Waals surface area contributed by atoms with E-state index >= 15 is 0 Å². The topological polar surface area (TPSA) is 29.5 Å². The molecule has 0 spiro atoms. The van der Waals surface area contributed by atoms with Gasteiger partial charge in [-0.2, -0.15) is 0 Å². The molecular formula is C14H20BrNO2. The van der Waals surface area contributed by atoms with E-state index in [9.17, 15) is 4.79 Å². The van der Waals surface area contributed by atoms with Crippen molar-refractivity contribution in [1.82, 2.24) is 4.90 Å². The number of amides is 1. The average Bonchev–Trinajstić information content (AvgIpc) is 2.29. The second kappa shape index (κ2) is 6.23.